The van der Waals surface area contributed by atoms with Crippen molar-refractivity contribution in [3.05, 3.63) is 53.6 Å². The van der Waals surface area contributed by atoms with Crippen LogP contribution in [0.1, 0.15) is 41.5 Å². The van der Waals surface area contributed by atoms with Crippen LogP contribution in [0.15, 0.2) is 36.7 Å². The zero-order valence-corrected chi connectivity index (χ0v) is 13.4. The Kier molecular flexibility index (Phi) is 4.28. The Labute approximate surface area is 135 Å². The van der Waals surface area contributed by atoms with Crippen LogP contribution in [0, 0.1) is 0 Å². The molecule has 0 N–H and O–H groups in total. The highest BCUT2D eigenvalue weighted by atomic mass is 16.5. The molecule has 0 atom stereocenters. The fourth-order valence-corrected chi connectivity index (χ4v) is 2.73. The van der Waals surface area contributed by atoms with E-state index in [4.69, 9.17) is 9.47 Å². The van der Waals surface area contributed by atoms with Crippen molar-refractivity contribution in [2.45, 2.75) is 31.6 Å². The number of aromatic nitrogens is 2. The van der Waals surface area contributed by atoms with Crippen molar-refractivity contribution < 1.29 is 14.3 Å². The van der Waals surface area contributed by atoms with Gasteiger partial charge < -0.3 is 9.47 Å². The van der Waals surface area contributed by atoms with E-state index in [9.17, 15) is 4.79 Å². The van der Waals surface area contributed by atoms with Crippen molar-refractivity contribution in [3.63, 3.8) is 0 Å². The largest absolute Gasteiger partial charge is 0.497 e. The van der Waals surface area contributed by atoms with Crippen molar-refractivity contribution in [2.75, 3.05) is 13.7 Å². The second kappa shape index (κ2) is 6.36. The van der Waals surface area contributed by atoms with Crippen LogP contribution in [-0.4, -0.2) is 29.7 Å². The summed E-state index contributed by atoms with van der Waals surface area (Å²) in [5.74, 6) is 1.24. The highest BCUT2D eigenvalue weighted by Gasteiger charge is 2.44. The number of ether oxygens (including phenoxy) is 2. The third-order valence-electron chi connectivity index (χ3n) is 4.27. The van der Waals surface area contributed by atoms with E-state index in [0.717, 1.165) is 30.8 Å². The van der Waals surface area contributed by atoms with Gasteiger partial charge in [0.2, 0.25) is 0 Å². The SMILES string of the molecule is CCOC(=O)c1cnc(CC2(c3ccc(OC)cc3)CC2)nc1. The minimum absolute atomic E-state index is 0.123. The molecule has 1 aromatic heterocycles. The summed E-state index contributed by atoms with van der Waals surface area (Å²) in [6.07, 6.45) is 6.13. The zero-order valence-electron chi connectivity index (χ0n) is 13.4. The predicted octanol–water partition coefficient (Wildman–Crippen LogP) is 2.94. The lowest BCUT2D eigenvalue weighted by Crippen LogP contribution is -2.14. The first-order valence-corrected chi connectivity index (χ1v) is 7.79. The summed E-state index contributed by atoms with van der Waals surface area (Å²) in [6.45, 7) is 2.12. The molecule has 2 aromatic rings. The number of carbonyl (C=O) groups is 1. The average molecular weight is 312 g/mol. The number of rotatable bonds is 6. The van der Waals surface area contributed by atoms with Crippen LogP contribution in [-0.2, 0) is 16.6 Å². The molecule has 3 rings (SSSR count). The molecule has 1 heterocycles. The van der Waals surface area contributed by atoms with Crippen molar-refractivity contribution in [1.82, 2.24) is 9.97 Å². The van der Waals surface area contributed by atoms with Crippen LogP contribution in [0.3, 0.4) is 0 Å². The summed E-state index contributed by atoms with van der Waals surface area (Å²) in [6, 6.07) is 8.19. The fraction of sp³-hybridized carbons (Fsp3) is 0.389. The van der Waals surface area contributed by atoms with Gasteiger partial charge in [0.1, 0.15) is 11.6 Å². The third-order valence-corrected chi connectivity index (χ3v) is 4.27. The van der Waals surface area contributed by atoms with Gasteiger partial charge in [0.15, 0.2) is 0 Å². The summed E-state index contributed by atoms with van der Waals surface area (Å²) >= 11 is 0. The topological polar surface area (TPSA) is 61.3 Å². The van der Waals surface area contributed by atoms with E-state index in [1.807, 2.05) is 12.1 Å². The van der Waals surface area contributed by atoms with Crippen molar-refractivity contribution in [1.29, 1.82) is 0 Å². The number of carbonyl (C=O) groups excluding carboxylic acids is 1. The summed E-state index contributed by atoms with van der Waals surface area (Å²) < 4.78 is 10.1. The summed E-state index contributed by atoms with van der Waals surface area (Å²) in [7, 11) is 1.67. The molecule has 0 aliphatic heterocycles. The maximum absolute atomic E-state index is 11.6. The first-order chi connectivity index (χ1) is 11.2. The predicted molar refractivity (Wildman–Crippen MR) is 85.6 cm³/mol. The van der Waals surface area contributed by atoms with Gasteiger partial charge in [0.05, 0.1) is 19.3 Å². The van der Waals surface area contributed by atoms with Crippen LogP contribution in [0.25, 0.3) is 0 Å². The Hall–Kier alpha value is -2.43. The molecule has 5 heteroatoms. The van der Waals surface area contributed by atoms with Gasteiger partial charge in [0, 0.05) is 24.2 Å². The van der Waals surface area contributed by atoms with E-state index in [1.54, 1.807) is 26.4 Å². The van der Waals surface area contributed by atoms with E-state index in [0.29, 0.717) is 12.2 Å². The second-order valence-electron chi connectivity index (χ2n) is 5.79. The second-order valence-corrected chi connectivity index (χ2v) is 5.79. The lowest BCUT2D eigenvalue weighted by molar-refractivity contribution is 0.0525. The summed E-state index contributed by atoms with van der Waals surface area (Å²) in [5.41, 5.74) is 1.80. The van der Waals surface area contributed by atoms with Crippen LogP contribution in [0.4, 0.5) is 0 Å². The molecule has 1 aromatic carbocycles. The maximum atomic E-state index is 11.6. The molecule has 0 bridgehead atoms. The number of benzene rings is 1. The number of methoxy groups -OCH3 is 1. The van der Waals surface area contributed by atoms with E-state index in [1.165, 1.54) is 5.56 Å². The van der Waals surface area contributed by atoms with E-state index in [-0.39, 0.29) is 11.4 Å². The summed E-state index contributed by atoms with van der Waals surface area (Å²) in [5, 5.41) is 0. The van der Waals surface area contributed by atoms with E-state index in [2.05, 4.69) is 22.1 Å². The van der Waals surface area contributed by atoms with Gasteiger partial charge in [-0.1, -0.05) is 12.1 Å². The monoisotopic (exact) mass is 312 g/mol. The Morgan fingerprint density at radius 1 is 1.17 bits per heavy atom. The summed E-state index contributed by atoms with van der Waals surface area (Å²) in [4.78, 5) is 20.3. The van der Waals surface area contributed by atoms with Gasteiger partial charge in [-0.05, 0) is 37.5 Å². The van der Waals surface area contributed by atoms with Gasteiger partial charge in [-0.3, -0.25) is 0 Å². The molecule has 1 aliphatic carbocycles. The molecular weight excluding hydrogens is 292 g/mol. The molecule has 23 heavy (non-hydrogen) atoms. The third kappa shape index (κ3) is 3.33. The Balaban J connectivity index is 1.72. The van der Waals surface area contributed by atoms with Gasteiger partial charge in [-0.2, -0.15) is 0 Å². The average Bonchev–Trinajstić information content (AvgIpc) is 3.36. The lowest BCUT2D eigenvalue weighted by atomic mass is 9.92. The zero-order chi connectivity index (χ0) is 16.3. The molecule has 0 spiro atoms. The van der Waals surface area contributed by atoms with E-state index < -0.39 is 0 Å². The Bertz CT molecular complexity index is 676. The van der Waals surface area contributed by atoms with Gasteiger partial charge in [-0.15, -0.1) is 0 Å². The van der Waals surface area contributed by atoms with Crippen LogP contribution in [0.5, 0.6) is 5.75 Å². The highest BCUT2D eigenvalue weighted by Crippen LogP contribution is 2.50. The van der Waals surface area contributed by atoms with Crippen LogP contribution >= 0.6 is 0 Å². The Morgan fingerprint density at radius 3 is 2.35 bits per heavy atom. The molecule has 1 saturated carbocycles. The van der Waals surface area contributed by atoms with Gasteiger partial charge in [0.25, 0.3) is 0 Å². The van der Waals surface area contributed by atoms with Crippen molar-refractivity contribution in [3.8, 4) is 5.75 Å². The molecule has 1 fully saturated rings. The molecule has 0 saturated heterocycles. The van der Waals surface area contributed by atoms with Gasteiger partial charge in [-0.25, -0.2) is 14.8 Å². The van der Waals surface area contributed by atoms with Crippen LogP contribution in [0.2, 0.25) is 0 Å². The van der Waals surface area contributed by atoms with Crippen molar-refractivity contribution in [2.24, 2.45) is 0 Å². The first-order valence-electron chi connectivity index (χ1n) is 7.79. The van der Waals surface area contributed by atoms with Crippen molar-refractivity contribution >= 4 is 5.97 Å². The molecule has 0 radical (unpaired) electrons. The fourth-order valence-electron chi connectivity index (χ4n) is 2.73. The molecule has 0 unspecified atom stereocenters. The lowest BCUT2D eigenvalue weighted by Gasteiger charge is -2.15. The number of hydrogen-bond acceptors (Lipinski definition) is 5. The quantitative estimate of drug-likeness (QED) is 0.768. The smallest absolute Gasteiger partial charge is 0.341 e. The standard InChI is InChI=1S/C18H20N2O3/c1-3-23-17(21)13-11-19-16(20-12-13)10-18(8-9-18)14-4-6-15(22-2)7-5-14/h4-7,11-12H,3,8-10H2,1-2H3. The molecule has 120 valence electrons. The van der Waals surface area contributed by atoms with Crippen LogP contribution < -0.4 is 4.74 Å². The minimum Gasteiger partial charge on any atom is -0.497 e. The molecule has 1 aliphatic rings. The maximum Gasteiger partial charge on any atom is 0.341 e. The highest BCUT2D eigenvalue weighted by molar-refractivity contribution is 5.88. The number of nitrogens with zero attached hydrogens (tertiary/aromatic N) is 2. The Morgan fingerprint density at radius 2 is 1.83 bits per heavy atom. The van der Waals surface area contributed by atoms with Gasteiger partial charge >= 0.3 is 5.97 Å². The normalized spacial score (nSPS) is 15.0. The molecular formula is C18H20N2O3. The number of hydrogen-bond donors (Lipinski definition) is 0. The number of esters is 1. The van der Waals surface area contributed by atoms with E-state index >= 15 is 0 Å². The first kappa shape index (κ1) is 15.5. The molecule has 5 nitrogen and oxygen atoms in total. The minimum atomic E-state index is -0.379. The molecule has 0 amide bonds.